The number of nitriles is 1. The Bertz CT molecular complexity index is 1110. The summed E-state index contributed by atoms with van der Waals surface area (Å²) >= 11 is 0. The normalized spacial score (nSPS) is 11.7. The summed E-state index contributed by atoms with van der Waals surface area (Å²) in [5.74, 6) is -0.801. The van der Waals surface area contributed by atoms with Crippen LogP contribution in [-0.4, -0.2) is 25.7 Å². The smallest absolute Gasteiger partial charge is 0.405 e. The predicted octanol–water partition coefficient (Wildman–Crippen LogP) is 2.12. The quantitative estimate of drug-likeness (QED) is 0.744. The molecule has 26 heavy (non-hydrogen) atoms. The summed E-state index contributed by atoms with van der Waals surface area (Å²) in [5.41, 5.74) is -0.688. The van der Waals surface area contributed by atoms with Gasteiger partial charge >= 0.3 is 6.09 Å². The molecule has 1 amide bonds. The molecular weight excluding hydrogens is 341 g/mol. The Hall–Kier alpha value is -3.80. The van der Waals surface area contributed by atoms with Gasteiger partial charge in [0, 0.05) is 6.20 Å². The molecule has 1 aromatic carbocycles. The standard InChI is InChI=1S/C17H12FN5O3/c1-9(21-17(25)26)15-22-14-12(18)5-4-10(7-19)13(14)16(24)23(15)11-3-2-6-20-8-11/h2-6,8-9,21H,1H3,(H,25,26)/t9-/m0/s1. The largest absolute Gasteiger partial charge is 0.465 e. The van der Waals surface area contributed by atoms with Crippen LogP contribution in [0, 0.1) is 17.1 Å². The van der Waals surface area contributed by atoms with Crippen molar-refractivity contribution in [1.29, 1.82) is 5.26 Å². The first-order valence-electron chi connectivity index (χ1n) is 7.49. The van der Waals surface area contributed by atoms with E-state index in [1.54, 1.807) is 12.1 Å². The lowest BCUT2D eigenvalue weighted by Crippen LogP contribution is -2.32. The molecule has 8 nitrogen and oxygen atoms in total. The molecule has 2 aromatic heterocycles. The summed E-state index contributed by atoms with van der Waals surface area (Å²) in [5, 5.41) is 20.2. The van der Waals surface area contributed by atoms with Gasteiger partial charge in [0.05, 0.1) is 28.9 Å². The molecule has 0 aliphatic heterocycles. The molecule has 3 aromatic rings. The van der Waals surface area contributed by atoms with Gasteiger partial charge in [0.15, 0.2) is 0 Å². The summed E-state index contributed by atoms with van der Waals surface area (Å²) in [6, 6.07) is 6.33. The summed E-state index contributed by atoms with van der Waals surface area (Å²) in [6.07, 6.45) is 1.56. The number of nitrogens with zero attached hydrogens (tertiary/aromatic N) is 4. The van der Waals surface area contributed by atoms with Crippen LogP contribution in [0.4, 0.5) is 9.18 Å². The molecule has 1 atom stereocenters. The predicted molar refractivity (Wildman–Crippen MR) is 89.4 cm³/mol. The van der Waals surface area contributed by atoms with Crippen molar-refractivity contribution >= 4 is 17.0 Å². The Morgan fingerprint density at radius 1 is 1.42 bits per heavy atom. The first-order chi connectivity index (χ1) is 12.4. The Balaban J connectivity index is 2.45. The maximum absolute atomic E-state index is 14.3. The number of carboxylic acid groups (broad SMARTS) is 1. The first-order valence-corrected chi connectivity index (χ1v) is 7.49. The van der Waals surface area contributed by atoms with Crippen molar-refractivity contribution in [2.75, 3.05) is 0 Å². The highest BCUT2D eigenvalue weighted by Crippen LogP contribution is 2.21. The van der Waals surface area contributed by atoms with E-state index < -0.39 is 23.5 Å². The Labute approximate surface area is 146 Å². The molecule has 2 N–H and O–H groups in total. The molecule has 0 bridgehead atoms. The fourth-order valence-electron chi connectivity index (χ4n) is 2.64. The number of rotatable bonds is 3. The van der Waals surface area contributed by atoms with Gasteiger partial charge in [-0.3, -0.25) is 14.3 Å². The molecule has 0 unspecified atom stereocenters. The molecule has 0 aliphatic rings. The fourth-order valence-corrected chi connectivity index (χ4v) is 2.64. The fraction of sp³-hybridized carbons (Fsp3) is 0.118. The first kappa shape index (κ1) is 17.0. The van der Waals surface area contributed by atoms with Crippen LogP contribution < -0.4 is 10.9 Å². The Morgan fingerprint density at radius 3 is 2.81 bits per heavy atom. The van der Waals surface area contributed by atoms with E-state index in [2.05, 4.69) is 15.3 Å². The van der Waals surface area contributed by atoms with Crippen molar-refractivity contribution in [3.8, 4) is 11.8 Å². The molecule has 3 rings (SSSR count). The van der Waals surface area contributed by atoms with Crippen molar-refractivity contribution in [3.63, 3.8) is 0 Å². The third-order valence-corrected chi connectivity index (χ3v) is 3.75. The van der Waals surface area contributed by atoms with E-state index in [0.29, 0.717) is 5.69 Å². The van der Waals surface area contributed by atoms with E-state index in [-0.39, 0.29) is 22.3 Å². The van der Waals surface area contributed by atoms with Crippen LogP contribution in [0.2, 0.25) is 0 Å². The van der Waals surface area contributed by atoms with Crippen LogP contribution in [0.3, 0.4) is 0 Å². The van der Waals surface area contributed by atoms with Crippen LogP contribution >= 0.6 is 0 Å². The third-order valence-electron chi connectivity index (χ3n) is 3.75. The highest BCUT2D eigenvalue weighted by atomic mass is 19.1. The van der Waals surface area contributed by atoms with Crippen LogP contribution in [0.1, 0.15) is 24.4 Å². The minimum atomic E-state index is -1.32. The Kier molecular flexibility index (Phi) is 4.33. The number of nitrogens with one attached hydrogen (secondary N) is 1. The van der Waals surface area contributed by atoms with Crippen molar-refractivity contribution in [1.82, 2.24) is 19.9 Å². The zero-order valence-electron chi connectivity index (χ0n) is 13.5. The molecule has 0 saturated carbocycles. The second-order valence-corrected chi connectivity index (χ2v) is 5.42. The lowest BCUT2D eigenvalue weighted by Gasteiger charge is -2.18. The SMILES string of the molecule is C[C@H](NC(=O)O)c1nc2c(F)ccc(C#N)c2c(=O)n1-c1cccnc1. The number of carbonyl (C=O) groups is 1. The zero-order chi connectivity index (χ0) is 18.8. The lowest BCUT2D eigenvalue weighted by atomic mass is 10.1. The van der Waals surface area contributed by atoms with Gasteiger partial charge in [-0.25, -0.2) is 14.2 Å². The molecule has 2 heterocycles. The zero-order valence-corrected chi connectivity index (χ0v) is 13.5. The molecule has 0 aliphatic carbocycles. The van der Waals surface area contributed by atoms with Crippen LogP contribution in [-0.2, 0) is 0 Å². The van der Waals surface area contributed by atoms with Gasteiger partial charge < -0.3 is 10.4 Å². The van der Waals surface area contributed by atoms with Crippen molar-refractivity contribution in [3.05, 3.63) is 64.2 Å². The molecule has 0 saturated heterocycles. The Morgan fingerprint density at radius 2 is 2.19 bits per heavy atom. The topological polar surface area (TPSA) is 121 Å². The molecule has 0 fully saturated rings. The lowest BCUT2D eigenvalue weighted by molar-refractivity contribution is 0.190. The summed E-state index contributed by atoms with van der Waals surface area (Å²) in [6.45, 7) is 1.47. The second kappa shape index (κ2) is 6.60. The number of hydrogen-bond acceptors (Lipinski definition) is 5. The van der Waals surface area contributed by atoms with E-state index in [0.717, 1.165) is 10.6 Å². The van der Waals surface area contributed by atoms with E-state index in [1.165, 1.54) is 25.4 Å². The van der Waals surface area contributed by atoms with Gasteiger partial charge in [0.25, 0.3) is 5.56 Å². The maximum Gasteiger partial charge on any atom is 0.405 e. The minimum Gasteiger partial charge on any atom is -0.465 e. The molecule has 130 valence electrons. The summed E-state index contributed by atoms with van der Waals surface area (Å²) < 4.78 is 15.4. The van der Waals surface area contributed by atoms with Gasteiger partial charge in [0.1, 0.15) is 23.2 Å². The highest BCUT2D eigenvalue weighted by molar-refractivity contribution is 5.84. The maximum atomic E-state index is 14.3. The highest BCUT2D eigenvalue weighted by Gasteiger charge is 2.22. The number of hydrogen-bond donors (Lipinski definition) is 2. The second-order valence-electron chi connectivity index (χ2n) is 5.42. The minimum absolute atomic E-state index is 0.0214. The average Bonchev–Trinajstić information content (AvgIpc) is 2.62. The van der Waals surface area contributed by atoms with Gasteiger partial charge in [-0.1, -0.05) is 0 Å². The summed E-state index contributed by atoms with van der Waals surface area (Å²) in [4.78, 5) is 32.2. The van der Waals surface area contributed by atoms with Crippen LogP contribution in [0.15, 0.2) is 41.5 Å². The van der Waals surface area contributed by atoms with Crippen LogP contribution in [0.25, 0.3) is 16.6 Å². The van der Waals surface area contributed by atoms with Crippen molar-refractivity contribution in [2.45, 2.75) is 13.0 Å². The number of aromatic nitrogens is 3. The van der Waals surface area contributed by atoms with E-state index >= 15 is 0 Å². The average molecular weight is 353 g/mol. The van der Waals surface area contributed by atoms with Crippen molar-refractivity contribution < 1.29 is 14.3 Å². The number of halogens is 1. The van der Waals surface area contributed by atoms with Gasteiger partial charge in [-0.05, 0) is 31.2 Å². The van der Waals surface area contributed by atoms with Gasteiger partial charge in [-0.2, -0.15) is 5.26 Å². The number of fused-ring (bicyclic) bond motifs is 1. The van der Waals surface area contributed by atoms with E-state index in [9.17, 15) is 19.2 Å². The number of amides is 1. The third kappa shape index (κ3) is 2.84. The molecule has 0 radical (unpaired) electrons. The van der Waals surface area contributed by atoms with Crippen molar-refractivity contribution in [2.24, 2.45) is 0 Å². The van der Waals surface area contributed by atoms with Gasteiger partial charge in [-0.15, -0.1) is 0 Å². The van der Waals surface area contributed by atoms with E-state index in [4.69, 9.17) is 5.11 Å². The number of pyridine rings is 1. The monoisotopic (exact) mass is 353 g/mol. The van der Waals surface area contributed by atoms with Crippen LogP contribution in [0.5, 0.6) is 0 Å². The molecule has 0 spiro atoms. The van der Waals surface area contributed by atoms with Gasteiger partial charge in [0.2, 0.25) is 0 Å². The number of benzene rings is 1. The van der Waals surface area contributed by atoms with E-state index in [1.807, 2.05) is 6.07 Å². The molecule has 9 heteroatoms. The molecular formula is C17H12FN5O3. The summed E-state index contributed by atoms with van der Waals surface area (Å²) in [7, 11) is 0.